The predicted octanol–water partition coefficient (Wildman–Crippen LogP) is 0.990. The van der Waals surface area contributed by atoms with Crippen LogP contribution in [0.25, 0.3) is 0 Å². The smallest absolute Gasteiger partial charge is 0.315 e. The molecule has 1 aromatic rings. The lowest BCUT2D eigenvalue weighted by Crippen LogP contribution is -2.43. The molecule has 1 aliphatic heterocycles. The van der Waals surface area contributed by atoms with Gasteiger partial charge in [-0.25, -0.2) is 4.79 Å². The molecule has 20 heavy (non-hydrogen) atoms. The fourth-order valence-corrected chi connectivity index (χ4v) is 2.04. The first kappa shape index (κ1) is 14.0. The Kier molecular flexibility index (Phi) is 4.02. The lowest BCUT2D eigenvalue weighted by Gasteiger charge is -2.15. The van der Waals surface area contributed by atoms with Gasteiger partial charge in [-0.2, -0.15) is 0 Å². The van der Waals surface area contributed by atoms with Crippen molar-refractivity contribution in [3.05, 3.63) is 35.4 Å². The fourth-order valence-electron chi connectivity index (χ4n) is 2.04. The molecular formula is C14H17N3O3. The van der Waals surface area contributed by atoms with Crippen molar-refractivity contribution in [1.82, 2.24) is 15.5 Å². The summed E-state index contributed by atoms with van der Waals surface area (Å²) in [6.45, 7) is 4.09. The molecule has 2 rings (SSSR count). The summed E-state index contributed by atoms with van der Waals surface area (Å²) in [6.07, 6.45) is 0. The average molecular weight is 275 g/mol. The molecule has 2 N–H and O–H groups in total. The first-order chi connectivity index (χ1) is 9.50. The Morgan fingerprint density at radius 2 is 1.70 bits per heavy atom. The third-order valence-electron chi connectivity index (χ3n) is 2.92. The molecule has 0 saturated carbocycles. The van der Waals surface area contributed by atoms with Crippen molar-refractivity contribution >= 4 is 17.8 Å². The molecule has 0 radical (unpaired) electrons. The second-order valence-electron chi connectivity index (χ2n) is 4.86. The monoisotopic (exact) mass is 275 g/mol. The SMILES string of the molecule is CC(C)NC(=O)NCCN1C(=O)c2ccccc2C1=O. The summed E-state index contributed by atoms with van der Waals surface area (Å²) >= 11 is 0. The van der Waals surface area contributed by atoms with Gasteiger partial charge in [0.25, 0.3) is 11.8 Å². The molecule has 0 aliphatic carbocycles. The summed E-state index contributed by atoms with van der Waals surface area (Å²) in [7, 11) is 0. The number of carbonyl (C=O) groups excluding carboxylic acids is 3. The number of amides is 4. The van der Waals surface area contributed by atoms with E-state index in [1.54, 1.807) is 24.3 Å². The molecule has 0 aromatic heterocycles. The third-order valence-corrected chi connectivity index (χ3v) is 2.92. The molecule has 0 spiro atoms. The van der Waals surface area contributed by atoms with Crippen LogP contribution < -0.4 is 10.6 Å². The Balaban J connectivity index is 1.91. The van der Waals surface area contributed by atoms with E-state index in [-0.39, 0.29) is 37.0 Å². The zero-order valence-corrected chi connectivity index (χ0v) is 11.5. The van der Waals surface area contributed by atoms with Crippen molar-refractivity contribution in [2.75, 3.05) is 13.1 Å². The zero-order chi connectivity index (χ0) is 14.7. The zero-order valence-electron chi connectivity index (χ0n) is 11.5. The molecule has 6 heteroatoms. The topological polar surface area (TPSA) is 78.5 Å². The maximum atomic E-state index is 12.0. The van der Waals surface area contributed by atoms with Gasteiger partial charge in [0.2, 0.25) is 0 Å². The van der Waals surface area contributed by atoms with Crippen molar-refractivity contribution in [2.24, 2.45) is 0 Å². The van der Waals surface area contributed by atoms with E-state index in [0.29, 0.717) is 11.1 Å². The maximum Gasteiger partial charge on any atom is 0.315 e. The van der Waals surface area contributed by atoms with Crippen LogP contribution in [0.3, 0.4) is 0 Å². The normalized spacial score (nSPS) is 13.7. The number of imide groups is 1. The van der Waals surface area contributed by atoms with E-state index in [4.69, 9.17) is 0 Å². The van der Waals surface area contributed by atoms with Gasteiger partial charge in [0.05, 0.1) is 11.1 Å². The molecule has 106 valence electrons. The summed E-state index contributed by atoms with van der Waals surface area (Å²) in [4.78, 5) is 36.6. The number of rotatable bonds is 4. The highest BCUT2D eigenvalue weighted by atomic mass is 16.2. The molecule has 4 amide bonds. The number of carbonyl (C=O) groups is 3. The van der Waals surface area contributed by atoms with E-state index in [1.807, 2.05) is 13.8 Å². The van der Waals surface area contributed by atoms with Crippen molar-refractivity contribution < 1.29 is 14.4 Å². The standard InChI is InChI=1S/C14H17N3O3/c1-9(2)16-14(20)15-7-8-17-12(18)10-5-3-4-6-11(10)13(17)19/h3-6,9H,7-8H2,1-2H3,(H2,15,16,20). The van der Waals surface area contributed by atoms with Crippen molar-refractivity contribution in [3.63, 3.8) is 0 Å². The predicted molar refractivity (Wildman–Crippen MR) is 73.5 cm³/mol. The van der Waals surface area contributed by atoms with Gasteiger partial charge in [-0.05, 0) is 26.0 Å². The van der Waals surface area contributed by atoms with Gasteiger partial charge in [-0.15, -0.1) is 0 Å². The molecular weight excluding hydrogens is 258 g/mol. The minimum Gasteiger partial charge on any atom is -0.336 e. The molecule has 1 aliphatic rings. The van der Waals surface area contributed by atoms with Crippen LogP contribution in [0.2, 0.25) is 0 Å². The molecule has 1 aromatic carbocycles. The number of urea groups is 1. The van der Waals surface area contributed by atoms with Crippen LogP contribution >= 0.6 is 0 Å². The Morgan fingerprint density at radius 1 is 1.15 bits per heavy atom. The Hall–Kier alpha value is -2.37. The fraction of sp³-hybridized carbons (Fsp3) is 0.357. The Labute approximate surface area is 117 Å². The number of nitrogens with one attached hydrogen (secondary N) is 2. The molecule has 6 nitrogen and oxygen atoms in total. The van der Waals surface area contributed by atoms with E-state index in [2.05, 4.69) is 10.6 Å². The van der Waals surface area contributed by atoms with E-state index in [1.165, 1.54) is 0 Å². The summed E-state index contributed by atoms with van der Waals surface area (Å²) in [5.41, 5.74) is 0.841. The van der Waals surface area contributed by atoms with Gasteiger partial charge < -0.3 is 10.6 Å². The van der Waals surface area contributed by atoms with E-state index in [9.17, 15) is 14.4 Å². The maximum absolute atomic E-state index is 12.0. The molecule has 0 bridgehead atoms. The highest BCUT2D eigenvalue weighted by Crippen LogP contribution is 2.21. The lowest BCUT2D eigenvalue weighted by molar-refractivity contribution is 0.0656. The van der Waals surface area contributed by atoms with Gasteiger partial charge >= 0.3 is 6.03 Å². The third kappa shape index (κ3) is 2.79. The van der Waals surface area contributed by atoms with Crippen molar-refractivity contribution in [3.8, 4) is 0 Å². The van der Waals surface area contributed by atoms with Gasteiger partial charge in [0, 0.05) is 19.1 Å². The van der Waals surface area contributed by atoms with Crippen LogP contribution in [0.5, 0.6) is 0 Å². The van der Waals surface area contributed by atoms with Gasteiger partial charge in [0.15, 0.2) is 0 Å². The van der Waals surface area contributed by atoms with Crippen LogP contribution in [0.15, 0.2) is 24.3 Å². The van der Waals surface area contributed by atoms with Crippen LogP contribution in [-0.2, 0) is 0 Å². The van der Waals surface area contributed by atoms with Crippen molar-refractivity contribution in [2.45, 2.75) is 19.9 Å². The van der Waals surface area contributed by atoms with Gasteiger partial charge in [-0.3, -0.25) is 14.5 Å². The van der Waals surface area contributed by atoms with Crippen LogP contribution in [0.4, 0.5) is 4.79 Å². The summed E-state index contributed by atoms with van der Waals surface area (Å²) in [5, 5.41) is 5.28. The second kappa shape index (κ2) is 5.73. The first-order valence-electron chi connectivity index (χ1n) is 6.50. The van der Waals surface area contributed by atoms with Crippen LogP contribution in [0, 0.1) is 0 Å². The highest BCUT2D eigenvalue weighted by molar-refractivity contribution is 6.21. The number of fused-ring (bicyclic) bond motifs is 1. The van der Waals surface area contributed by atoms with Crippen molar-refractivity contribution in [1.29, 1.82) is 0 Å². The molecule has 0 unspecified atom stereocenters. The highest BCUT2D eigenvalue weighted by Gasteiger charge is 2.34. The number of nitrogens with zero attached hydrogens (tertiary/aromatic N) is 1. The molecule has 0 saturated heterocycles. The number of hydrogen-bond acceptors (Lipinski definition) is 3. The minimum absolute atomic E-state index is 0.0364. The van der Waals surface area contributed by atoms with E-state index < -0.39 is 0 Å². The Morgan fingerprint density at radius 3 is 2.20 bits per heavy atom. The van der Waals surface area contributed by atoms with E-state index in [0.717, 1.165) is 4.90 Å². The van der Waals surface area contributed by atoms with Crippen LogP contribution in [-0.4, -0.2) is 41.9 Å². The Bertz CT molecular complexity index is 519. The summed E-state index contributed by atoms with van der Waals surface area (Å²) < 4.78 is 0. The molecule has 0 atom stereocenters. The first-order valence-corrected chi connectivity index (χ1v) is 6.50. The summed E-state index contributed by atoms with van der Waals surface area (Å²) in [6, 6.07) is 6.44. The summed E-state index contributed by atoms with van der Waals surface area (Å²) in [5.74, 6) is -0.617. The second-order valence-corrected chi connectivity index (χ2v) is 4.86. The number of hydrogen-bond donors (Lipinski definition) is 2. The molecule has 0 fully saturated rings. The van der Waals surface area contributed by atoms with Gasteiger partial charge in [-0.1, -0.05) is 12.1 Å². The van der Waals surface area contributed by atoms with Crippen LogP contribution in [0.1, 0.15) is 34.6 Å². The number of benzene rings is 1. The quantitative estimate of drug-likeness (QED) is 0.804. The average Bonchev–Trinajstić information content (AvgIpc) is 2.63. The van der Waals surface area contributed by atoms with Gasteiger partial charge in [0.1, 0.15) is 0 Å². The largest absolute Gasteiger partial charge is 0.336 e. The molecule has 1 heterocycles. The van der Waals surface area contributed by atoms with E-state index >= 15 is 0 Å². The lowest BCUT2D eigenvalue weighted by atomic mass is 10.1. The minimum atomic E-state index is -0.309.